The number of rotatable bonds is 3. The lowest BCUT2D eigenvalue weighted by Gasteiger charge is -2.25. The van der Waals surface area contributed by atoms with Crippen molar-refractivity contribution in [1.82, 2.24) is 0 Å². The molecule has 1 heterocycles. The summed E-state index contributed by atoms with van der Waals surface area (Å²) in [4.78, 5) is 11.4. The molecule has 1 aliphatic heterocycles. The number of ketones is 1. The van der Waals surface area contributed by atoms with Crippen LogP contribution >= 0.6 is 15.9 Å². The Hall–Kier alpha value is 0.0700. The molecule has 0 aromatic carbocycles. The van der Waals surface area contributed by atoms with Crippen molar-refractivity contribution >= 4 is 21.7 Å². The zero-order chi connectivity index (χ0) is 9.19. The van der Waals surface area contributed by atoms with Gasteiger partial charge in [-0.05, 0) is 6.92 Å². The molecule has 4 heteroatoms. The van der Waals surface area contributed by atoms with E-state index in [4.69, 9.17) is 9.47 Å². The van der Waals surface area contributed by atoms with Gasteiger partial charge in [-0.3, -0.25) is 4.79 Å². The topological polar surface area (TPSA) is 35.5 Å². The second-order valence-corrected chi connectivity index (χ2v) is 4.57. The van der Waals surface area contributed by atoms with Crippen LogP contribution in [0.1, 0.15) is 20.3 Å². The molecule has 3 nitrogen and oxygen atoms in total. The average Bonchev–Trinajstić information content (AvgIpc) is 2.55. The molecule has 0 aromatic rings. The lowest BCUT2D eigenvalue weighted by molar-refractivity contribution is -0.132. The van der Waals surface area contributed by atoms with E-state index in [9.17, 15) is 4.79 Å². The van der Waals surface area contributed by atoms with E-state index < -0.39 is 10.6 Å². The third-order valence-corrected chi connectivity index (χ3v) is 2.75. The van der Waals surface area contributed by atoms with Crippen LogP contribution in [0.2, 0.25) is 0 Å². The van der Waals surface area contributed by atoms with Crippen LogP contribution < -0.4 is 0 Å². The summed E-state index contributed by atoms with van der Waals surface area (Å²) in [5, 5.41) is 0. The van der Waals surface area contributed by atoms with E-state index >= 15 is 0 Å². The summed E-state index contributed by atoms with van der Waals surface area (Å²) in [5.41, 5.74) is 0. The second-order valence-electron chi connectivity index (χ2n) is 2.93. The zero-order valence-electron chi connectivity index (χ0n) is 7.30. The minimum Gasteiger partial charge on any atom is -0.348 e. The fraction of sp³-hybridized carbons (Fsp3) is 0.875. The molecule has 0 spiro atoms. The highest BCUT2D eigenvalue weighted by Crippen LogP contribution is 2.29. The Labute approximate surface area is 80.5 Å². The number of carbonyl (C=O) groups excluding carboxylic acids is 1. The Kier molecular flexibility index (Phi) is 3.26. The highest BCUT2D eigenvalue weighted by atomic mass is 79.9. The van der Waals surface area contributed by atoms with E-state index in [1.54, 1.807) is 6.92 Å². The van der Waals surface area contributed by atoms with Crippen molar-refractivity contribution in [3.63, 3.8) is 0 Å². The van der Waals surface area contributed by atoms with Crippen LogP contribution in [-0.2, 0) is 14.3 Å². The Morgan fingerprint density at radius 3 is 2.50 bits per heavy atom. The number of hydrogen-bond acceptors (Lipinski definition) is 3. The van der Waals surface area contributed by atoms with E-state index in [0.29, 0.717) is 19.6 Å². The first-order chi connectivity index (χ1) is 5.59. The molecule has 0 radical (unpaired) electrons. The van der Waals surface area contributed by atoms with Gasteiger partial charge in [0.25, 0.3) is 0 Å². The fourth-order valence-electron chi connectivity index (χ4n) is 1.15. The molecular formula is C8H13BrO3. The van der Waals surface area contributed by atoms with Crippen LogP contribution in [0.3, 0.4) is 0 Å². The van der Waals surface area contributed by atoms with E-state index in [0.717, 1.165) is 0 Å². The molecule has 1 fully saturated rings. The fourth-order valence-corrected chi connectivity index (χ4v) is 1.69. The molecule has 1 rings (SSSR count). The Balaban J connectivity index is 2.62. The predicted octanol–water partition coefficient (Wildman–Crippen LogP) is 1.49. The van der Waals surface area contributed by atoms with Gasteiger partial charge in [-0.25, -0.2) is 0 Å². The molecule has 0 saturated carbocycles. The van der Waals surface area contributed by atoms with Crippen LogP contribution in [0.5, 0.6) is 0 Å². The summed E-state index contributed by atoms with van der Waals surface area (Å²) in [7, 11) is 0. The van der Waals surface area contributed by atoms with Crippen LogP contribution in [-0.4, -0.2) is 29.6 Å². The van der Waals surface area contributed by atoms with Gasteiger partial charge in [0, 0.05) is 6.42 Å². The Morgan fingerprint density at radius 2 is 2.08 bits per heavy atom. The molecule has 1 aliphatic rings. The monoisotopic (exact) mass is 236 g/mol. The molecule has 0 aliphatic carbocycles. The summed E-state index contributed by atoms with van der Waals surface area (Å²) in [5.74, 6) is 0.106. The lowest BCUT2D eigenvalue weighted by Crippen LogP contribution is -2.41. The summed E-state index contributed by atoms with van der Waals surface area (Å²) in [6.45, 7) is 4.76. The number of ether oxygens (including phenoxy) is 2. The minimum atomic E-state index is -0.682. The average molecular weight is 237 g/mol. The van der Waals surface area contributed by atoms with Gasteiger partial charge in [0.1, 0.15) is 4.32 Å². The minimum absolute atomic E-state index is 0.106. The van der Waals surface area contributed by atoms with Crippen molar-refractivity contribution in [1.29, 1.82) is 0 Å². The summed E-state index contributed by atoms with van der Waals surface area (Å²) < 4.78 is 9.82. The van der Waals surface area contributed by atoms with E-state index in [2.05, 4.69) is 15.9 Å². The van der Waals surface area contributed by atoms with Gasteiger partial charge >= 0.3 is 0 Å². The number of hydrogen-bond donors (Lipinski definition) is 0. The number of halogens is 1. The Bertz CT molecular complexity index is 173. The third kappa shape index (κ3) is 1.87. The molecule has 0 aromatic heterocycles. The lowest BCUT2D eigenvalue weighted by atomic mass is 10.0. The first-order valence-corrected chi connectivity index (χ1v) is 4.83. The van der Waals surface area contributed by atoms with Gasteiger partial charge in [-0.1, -0.05) is 22.9 Å². The molecular weight excluding hydrogens is 224 g/mol. The SMILES string of the molecule is CCC(=O)C(C)(Br)C1OCCO1. The molecule has 0 amide bonds. The first-order valence-electron chi connectivity index (χ1n) is 4.04. The normalized spacial score (nSPS) is 23.9. The highest BCUT2D eigenvalue weighted by Gasteiger charge is 2.41. The maximum absolute atomic E-state index is 11.4. The van der Waals surface area contributed by atoms with Crippen LogP contribution in [0, 0.1) is 0 Å². The quantitative estimate of drug-likeness (QED) is 0.697. The van der Waals surface area contributed by atoms with E-state index in [1.165, 1.54) is 0 Å². The number of carbonyl (C=O) groups is 1. The number of alkyl halides is 1. The van der Waals surface area contributed by atoms with Gasteiger partial charge in [0.05, 0.1) is 13.2 Å². The molecule has 12 heavy (non-hydrogen) atoms. The molecule has 1 saturated heterocycles. The van der Waals surface area contributed by atoms with Gasteiger partial charge in [-0.15, -0.1) is 0 Å². The van der Waals surface area contributed by atoms with Crippen LogP contribution in [0.15, 0.2) is 0 Å². The highest BCUT2D eigenvalue weighted by molar-refractivity contribution is 9.10. The molecule has 0 bridgehead atoms. The van der Waals surface area contributed by atoms with Crippen molar-refractivity contribution in [2.45, 2.75) is 30.9 Å². The number of Topliss-reactive ketones (excluding diaryl/α,β-unsaturated/α-hetero) is 1. The third-order valence-electron chi connectivity index (χ3n) is 1.93. The van der Waals surface area contributed by atoms with E-state index in [1.807, 2.05) is 6.92 Å². The molecule has 1 atom stereocenters. The van der Waals surface area contributed by atoms with Crippen molar-refractivity contribution in [2.24, 2.45) is 0 Å². The molecule has 1 unspecified atom stereocenters. The first kappa shape index (κ1) is 10.2. The smallest absolute Gasteiger partial charge is 0.179 e. The van der Waals surface area contributed by atoms with Crippen molar-refractivity contribution < 1.29 is 14.3 Å². The van der Waals surface area contributed by atoms with Crippen LogP contribution in [0.4, 0.5) is 0 Å². The van der Waals surface area contributed by atoms with Gasteiger partial charge in [0.15, 0.2) is 12.1 Å². The van der Waals surface area contributed by atoms with Crippen LogP contribution in [0.25, 0.3) is 0 Å². The Morgan fingerprint density at radius 1 is 1.58 bits per heavy atom. The standard InChI is InChI=1S/C8H13BrO3/c1-3-6(10)8(2,9)7-11-4-5-12-7/h7H,3-5H2,1-2H3. The van der Waals surface area contributed by atoms with Crippen molar-refractivity contribution in [2.75, 3.05) is 13.2 Å². The molecule has 0 N–H and O–H groups in total. The van der Waals surface area contributed by atoms with Crippen molar-refractivity contribution in [3.05, 3.63) is 0 Å². The van der Waals surface area contributed by atoms with Gasteiger partial charge in [-0.2, -0.15) is 0 Å². The van der Waals surface area contributed by atoms with Gasteiger partial charge in [0.2, 0.25) is 0 Å². The maximum Gasteiger partial charge on any atom is 0.179 e. The summed E-state index contributed by atoms with van der Waals surface area (Å²) >= 11 is 3.33. The summed E-state index contributed by atoms with van der Waals surface area (Å²) in [6.07, 6.45) is 0.0651. The molecule has 70 valence electrons. The second kappa shape index (κ2) is 3.85. The largest absolute Gasteiger partial charge is 0.348 e. The van der Waals surface area contributed by atoms with Crippen molar-refractivity contribution in [3.8, 4) is 0 Å². The van der Waals surface area contributed by atoms with Gasteiger partial charge < -0.3 is 9.47 Å². The summed E-state index contributed by atoms with van der Waals surface area (Å²) in [6, 6.07) is 0. The maximum atomic E-state index is 11.4. The van der Waals surface area contributed by atoms with E-state index in [-0.39, 0.29) is 5.78 Å². The zero-order valence-corrected chi connectivity index (χ0v) is 8.89. The predicted molar refractivity (Wildman–Crippen MR) is 48.3 cm³/mol.